The highest BCUT2D eigenvalue weighted by atomic mass is 16.5. The number of H-pyrrole nitrogens is 1. The molecular weight excluding hydrogens is 436 g/mol. The Bertz CT molecular complexity index is 1350. The van der Waals surface area contributed by atoms with Crippen LogP contribution in [0.15, 0.2) is 65.5 Å². The molecule has 9 nitrogen and oxygen atoms in total. The van der Waals surface area contributed by atoms with Gasteiger partial charge in [0.1, 0.15) is 11.4 Å². The fourth-order valence-electron chi connectivity index (χ4n) is 4.19. The van der Waals surface area contributed by atoms with E-state index in [9.17, 15) is 14.4 Å². The Hall–Kier alpha value is -4.40. The smallest absolute Gasteiger partial charge is 0.295 e. The molecular formula is C25H22N4O5. The zero-order chi connectivity index (χ0) is 23.7. The molecule has 34 heavy (non-hydrogen) atoms. The van der Waals surface area contributed by atoms with Crippen molar-refractivity contribution < 1.29 is 23.5 Å². The van der Waals surface area contributed by atoms with Crippen molar-refractivity contribution >= 4 is 28.5 Å². The number of nitrogens with zero attached hydrogens (tertiary/aromatic N) is 3. The lowest BCUT2D eigenvalue weighted by molar-refractivity contribution is -0.127. The molecule has 1 aliphatic heterocycles. The summed E-state index contributed by atoms with van der Waals surface area (Å²) in [5.74, 6) is -0.450. The number of ketones is 1. The number of amides is 2. The molecule has 1 aliphatic rings. The molecule has 0 aliphatic carbocycles. The van der Waals surface area contributed by atoms with E-state index < -0.39 is 11.7 Å². The van der Waals surface area contributed by atoms with Crippen molar-refractivity contribution in [2.24, 2.45) is 0 Å². The van der Waals surface area contributed by atoms with E-state index in [1.165, 1.54) is 30.7 Å². The second kappa shape index (κ2) is 8.86. The first-order valence-corrected chi connectivity index (χ1v) is 10.8. The van der Waals surface area contributed by atoms with E-state index in [1.54, 1.807) is 29.2 Å². The number of fused-ring (bicyclic) bond motifs is 1. The maximum Gasteiger partial charge on any atom is 0.295 e. The van der Waals surface area contributed by atoms with Gasteiger partial charge in [-0.05, 0) is 24.3 Å². The number of aromatic amines is 1. The molecule has 5 rings (SSSR count). The van der Waals surface area contributed by atoms with Crippen LogP contribution in [0.2, 0.25) is 0 Å². The summed E-state index contributed by atoms with van der Waals surface area (Å²) in [7, 11) is 1.48. The van der Waals surface area contributed by atoms with Gasteiger partial charge in [-0.1, -0.05) is 18.2 Å². The standard InChI is InChI=1S/C25H22N4O5/c1-33-19-15-27-21(18-8-5-13-34-18)22-20(19)17(14-26-22)23(30)25(32)29-11-9-28(10-12-29)24(31)16-6-3-2-4-7-16/h2-8,13-15,26H,9-12H2,1H3. The third kappa shape index (κ3) is 3.71. The lowest BCUT2D eigenvalue weighted by Crippen LogP contribution is -2.52. The topological polar surface area (TPSA) is 109 Å². The molecule has 0 atom stereocenters. The van der Waals surface area contributed by atoms with E-state index in [1.807, 2.05) is 18.2 Å². The van der Waals surface area contributed by atoms with Crippen LogP contribution in [-0.2, 0) is 4.79 Å². The molecule has 0 bridgehead atoms. The van der Waals surface area contributed by atoms with Crippen molar-refractivity contribution in [1.82, 2.24) is 19.8 Å². The zero-order valence-electron chi connectivity index (χ0n) is 18.5. The van der Waals surface area contributed by atoms with Crippen LogP contribution in [0, 0.1) is 0 Å². The molecule has 1 aromatic carbocycles. The van der Waals surface area contributed by atoms with E-state index in [0.29, 0.717) is 46.8 Å². The van der Waals surface area contributed by atoms with Crippen molar-refractivity contribution in [3.63, 3.8) is 0 Å². The van der Waals surface area contributed by atoms with E-state index in [2.05, 4.69) is 9.97 Å². The number of methoxy groups -OCH3 is 1. The number of aromatic nitrogens is 2. The summed E-state index contributed by atoms with van der Waals surface area (Å²) < 4.78 is 10.9. The van der Waals surface area contributed by atoms with Gasteiger partial charge in [0.15, 0.2) is 5.76 Å². The van der Waals surface area contributed by atoms with Gasteiger partial charge in [0.05, 0.1) is 36.0 Å². The monoisotopic (exact) mass is 458 g/mol. The highest BCUT2D eigenvalue weighted by Gasteiger charge is 2.31. The summed E-state index contributed by atoms with van der Waals surface area (Å²) >= 11 is 0. The molecule has 1 fully saturated rings. The minimum absolute atomic E-state index is 0.0849. The molecule has 0 spiro atoms. The molecule has 0 unspecified atom stereocenters. The fraction of sp³-hybridized carbons (Fsp3) is 0.200. The van der Waals surface area contributed by atoms with Crippen molar-refractivity contribution in [1.29, 1.82) is 0 Å². The molecule has 2 amide bonds. The first-order valence-electron chi connectivity index (χ1n) is 10.8. The number of hydrogen-bond acceptors (Lipinski definition) is 6. The second-order valence-corrected chi connectivity index (χ2v) is 7.88. The van der Waals surface area contributed by atoms with Crippen LogP contribution in [0.4, 0.5) is 0 Å². The Morgan fingerprint density at radius 1 is 1.00 bits per heavy atom. The molecule has 4 heterocycles. The maximum atomic E-state index is 13.2. The van der Waals surface area contributed by atoms with Gasteiger partial charge < -0.3 is 23.9 Å². The van der Waals surface area contributed by atoms with Gasteiger partial charge in [0.2, 0.25) is 0 Å². The van der Waals surface area contributed by atoms with Crippen LogP contribution in [0.1, 0.15) is 20.7 Å². The Kier molecular flexibility index (Phi) is 5.59. The molecule has 0 radical (unpaired) electrons. The quantitative estimate of drug-likeness (QED) is 0.364. The number of carbonyl (C=O) groups excluding carboxylic acids is 3. The molecule has 1 saturated heterocycles. The number of nitrogens with one attached hydrogen (secondary N) is 1. The SMILES string of the molecule is COc1cnc(-c2ccco2)c2[nH]cc(C(=O)C(=O)N3CCN(C(=O)c4ccccc4)CC3)c12. The molecule has 0 saturated carbocycles. The van der Waals surface area contributed by atoms with Crippen LogP contribution in [0.25, 0.3) is 22.4 Å². The van der Waals surface area contributed by atoms with Crippen LogP contribution in [0.5, 0.6) is 5.75 Å². The number of ether oxygens (including phenoxy) is 1. The van der Waals surface area contributed by atoms with Gasteiger partial charge in [-0.25, -0.2) is 4.98 Å². The largest absolute Gasteiger partial charge is 0.494 e. The molecule has 172 valence electrons. The summed E-state index contributed by atoms with van der Waals surface area (Å²) in [4.78, 5) is 49.6. The summed E-state index contributed by atoms with van der Waals surface area (Å²) in [5, 5.41) is 0.472. The fourth-order valence-corrected chi connectivity index (χ4v) is 4.19. The molecule has 9 heteroatoms. The molecule has 1 N–H and O–H groups in total. The number of rotatable bonds is 5. The molecule has 4 aromatic rings. The van der Waals surface area contributed by atoms with Gasteiger partial charge in [-0.3, -0.25) is 14.4 Å². The summed E-state index contributed by atoms with van der Waals surface area (Å²) in [5.41, 5.74) is 1.86. The van der Waals surface area contributed by atoms with E-state index >= 15 is 0 Å². The summed E-state index contributed by atoms with van der Waals surface area (Å²) in [6, 6.07) is 12.5. The van der Waals surface area contributed by atoms with Crippen molar-refractivity contribution in [2.45, 2.75) is 0 Å². The zero-order valence-corrected chi connectivity index (χ0v) is 18.5. The third-order valence-corrected chi connectivity index (χ3v) is 5.96. The number of hydrogen-bond donors (Lipinski definition) is 1. The number of Topliss-reactive ketones (excluding diaryl/α,β-unsaturated/α-hetero) is 1. The van der Waals surface area contributed by atoms with Crippen LogP contribution in [-0.4, -0.2) is 70.7 Å². The number of pyridine rings is 1. The number of benzene rings is 1. The molecule has 3 aromatic heterocycles. The van der Waals surface area contributed by atoms with E-state index in [0.717, 1.165) is 0 Å². The van der Waals surface area contributed by atoms with Crippen molar-refractivity contribution in [3.8, 4) is 17.2 Å². The van der Waals surface area contributed by atoms with E-state index in [4.69, 9.17) is 9.15 Å². The summed E-state index contributed by atoms with van der Waals surface area (Å²) in [6.07, 6.45) is 4.54. The lowest BCUT2D eigenvalue weighted by atomic mass is 10.1. The van der Waals surface area contributed by atoms with Crippen molar-refractivity contribution in [3.05, 3.63) is 72.2 Å². The Balaban J connectivity index is 1.36. The van der Waals surface area contributed by atoms with Crippen LogP contribution >= 0.6 is 0 Å². The number of piperazine rings is 1. The number of furan rings is 1. The first-order chi connectivity index (χ1) is 16.6. The van der Waals surface area contributed by atoms with Crippen LogP contribution in [0.3, 0.4) is 0 Å². The third-order valence-electron chi connectivity index (χ3n) is 5.96. The average molecular weight is 458 g/mol. The minimum Gasteiger partial charge on any atom is -0.494 e. The van der Waals surface area contributed by atoms with E-state index in [-0.39, 0.29) is 24.6 Å². The predicted molar refractivity (Wildman–Crippen MR) is 124 cm³/mol. The maximum absolute atomic E-state index is 13.2. The Morgan fingerprint density at radius 3 is 2.41 bits per heavy atom. The van der Waals surface area contributed by atoms with Crippen molar-refractivity contribution in [2.75, 3.05) is 33.3 Å². The number of carbonyl (C=O) groups is 3. The lowest BCUT2D eigenvalue weighted by Gasteiger charge is -2.34. The average Bonchev–Trinajstić information content (AvgIpc) is 3.58. The Labute approximate surface area is 194 Å². The summed E-state index contributed by atoms with van der Waals surface area (Å²) in [6.45, 7) is 1.27. The first kappa shape index (κ1) is 21.4. The second-order valence-electron chi connectivity index (χ2n) is 7.88. The highest BCUT2D eigenvalue weighted by molar-refractivity contribution is 6.45. The van der Waals surface area contributed by atoms with Gasteiger partial charge in [-0.15, -0.1) is 0 Å². The Morgan fingerprint density at radius 2 is 1.74 bits per heavy atom. The minimum atomic E-state index is -0.649. The normalized spacial score (nSPS) is 13.8. The van der Waals surface area contributed by atoms with Crippen LogP contribution < -0.4 is 4.74 Å². The van der Waals surface area contributed by atoms with Gasteiger partial charge in [-0.2, -0.15) is 0 Å². The van der Waals surface area contributed by atoms with Gasteiger partial charge in [0, 0.05) is 37.9 Å². The van der Waals surface area contributed by atoms with Gasteiger partial charge >= 0.3 is 0 Å². The predicted octanol–water partition coefficient (Wildman–Crippen LogP) is 3.00. The van der Waals surface area contributed by atoms with Gasteiger partial charge in [0.25, 0.3) is 17.6 Å². The highest BCUT2D eigenvalue weighted by Crippen LogP contribution is 2.34.